The van der Waals surface area contributed by atoms with Crippen LogP contribution in [0.1, 0.15) is 47.9 Å². The van der Waals surface area contributed by atoms with E-state index >= 15 is 0 Å². The molecule has 13 heteroatoms. The quantitative estimate of drug-likeness (QED) is 0.0750. The van der Waals surface area contributed by atoms with Crippen molar-refractivity contribution in [3.63, 3.8) is 0 Å². The highest BCUT2D eigenvalue weighted by molar-refractivity contribution is 8.14. The summed E-state index contributed by atoms with van der Waals surface area (Å²) in [5.74, 6) is -0.177. The normalized spacial score (nSPS) is 14.7. The summed E-state index contributed by atoms with van der Waals surface area (Å²) in [4.78, 5) is 45.8. The number of hydrazone groups is 1. The van der Waals surface area contributed by atoms with Gasteiger partial charge in [-0.2, -0.15) is 5.10 Å². The van der Waals surface area contributed by atoms with E-state index < -0.39 is 0 Å². The van der Waals surface area contributed by atoms with Gasteiger partial charge >= 0.3 is 0 Å². The second-order valence-electron chi connectivity index (χ2n) is 9.81. The van der Waals surface area contributed by atoms with Gasteiger partial charge in [0.2, 0.25) is 24.6 Å². The number of thioether (sulfide) groups is 1. The molecule has 228 valence electrons. The van der Waals surface area contributed by atoms with Gasteiger partial charge in [-0.05, 0) is 60.1 Å². The maximum Gasteiger partial charge on any atom is 0.229 e. The largest absolute Gasteiger partial charge is 0.402 e. The molecule has 3 rings (SSSR count). The highest BCUT2D eigenvalue weighted by Crippen LogP contribution is 2.20. The predicted octanol–water partition coefficient (Wildman–Crippen LogP) is 1.33. The van der Waals surface area contributed by atoms with Crippen LogP contribution in [0.2, 0.25) is 0 Å². The van der Waals surface area contributed by atoms with Crippen LogP contribution in [0.3, 0.4) is 0 Å². The number of amides is 4. The third kappa shape index (κ3) is 12.7. The first-order chi connectivity index (χ1) is 20.8. The Hall–Kier alpha value is -4.78. The number of nitrogens with two attached hydrogens (primary N) is 2. The molecule has 43 heavy (non-hydrogen) atoms. The first-order valence-corrected chi connectivity index (χ1v) is 14.7. The first kappa shape index (κ1) is 32.7. The van der Waals surface area contributed by atoms with Crippen LogP contribution in [0, 0.1) is 0 Å². The Morgan fingerprint density at radius 2 is 1.47 bits per heavy atom. The molecule has 1 aliphatic rings. The van der Waals surface area contributed by atoms with Gasteiger partial charge in [-0.1, -0.05) is 60.3 Å². The maximum atomic E-state index is 12.5. The Labute approximate surface area is 255 Å². The minimum absolute atomic E-state index is 0.124. The van der Waals surface area contributed by atoms with Crippen molar-refractivity contribution in [2.24, 2.45) is 16.6 Å². The Bertz CT molecular complexity index is 1360. The van der Waals surface area contributed by atoms with Gasteiger partial charge in [0, 0.05) is 18.8 Å². The summed E-state index contributed by atoms with van der Waals surface area (Å²) in [5, 5.41) is 16.0. The fourth-order valence-corrected chi connectivity index (χ4v) is 5.15. The van der Waals surface area contributed by atoms with Gasteiger partial charge in [-0.25, -0.2) is 0 Å². The van der Waals surface area contributed by atoms with Crippen LogP contribution < -0.4 is 38.2 Å². The van der Waals surface area contributed by atoms with Crippen molar-refractivity contribution in [2.75, 3.05) is 0 Å². The molecule has 1 unspecified atom stereocenters. The average Bonchev–Trinajstić information content (AvgIpc) is 3.43. The lowest BCUT2D eigenvalue weighted by Gasteiger charge is -2.12. The van der Waals surface area contributed by atoms with Gasteiger partial charge in [-0.15, -0.1) is 0 Å². The molecule has 12 nitrogen and oxygen atoms in total. The second kappa shape index (κ2) is 17.9. The van der Waals surface area contributed by atoms with Crippen molar-refractivity contribution < 1.29 is 19.2 Å². The third-order valence-corrected chi connectivity index (χ3v) is 7.24. The van der Waals surface area contributed by atoms with Crippen LogP contribution in [-0.2, 0) is 45.1 Å². The van der Waals surface area contributed by atoms with E-state index in [0.29, 0.717) is 38.0 Å². The Balaban J connectivity index is 1.31. The van der Waals surface area contributed by atoms with Crippen LogP contribution in [0.5, 0.6) is 0 Å². The minimum Gasteiger partial charge on any atom is -0.402 e. The molecule has 0 bridgehead atoms. The molecule has 0 saturated carbocycles. The topological polar surface area (TPSA) is 193 Å². The van der Waals surface area contributed by atoms with Crippen molar-refractivity contribution in [3.05, 3.63) is 94.5 Å². The molecular formula is C30H38N8O4S. The van der Waals surface area contributed by atoms with Crippen LogP contribution in [0.4, 0.5) is 0 Å². The van der Waals surface area contributed by atoms with Crippen LogP contribution >= 0.6 is 11.8 Å². The van der Waals surface area contributed by atoms with E-state index in [9.17, 15) is 19.2 Å². The number of unbranched alkanes of at least 4 members (excludes halogenated alkanes) is 1. The number of benzene rings is 2. The van der Waals surface area contributed by atoms with Crippen molar-refractivity contribution in [3.8, 4) is 0 Å². The summed E-state index contributed by atoms with van der Waals surface area (Å²) in [6.07, 6.45) is 8.03. The molecule has 0 aromatic heterocycles. The fraction of sp³-hybridized carbons (Fsp3) is 0.300. The summed E-state index contributed by atoms with van der Waals surface area (Å²) < 4.78 is 0. The Morgan fingerprint density at radius 1 is 0.860 bits per heavy atom. The maximum absolute atomic E-state index is 12.5. The number of carbonyl (C=O) groups is 4. The summed E-state index contributed by atoms with van der Waals surface area (Å²) in [5.41, 5.74) is 18.8. The molecule has 4 amide bonds. The molecule has 0 spiro atoms. The van der Waals surface area contributed by atoms with Gasteiger partial charge in [0.15, 0.2) is 5.50 Å². The lowest BCUT2D eigenvalue weighted by molar-refractivity contribution is -0.121. The highest BCUT2D eigenvalue weighted by atomic mass is 32.2. The Morgan fingerprint density at radius 3 is 2.09 bits per heavy atom. The minimum atomic E-state index is -0.320. The zero-order chi connectivity index (χ0) is 30.9. The number of hydrogen-bond donors (Lipinski definition) is 7. The van der Waals surface area contributed by atoms with Crippen LogP contribution in [0.25, 0.3) is 0 Å². The average molecular weight is 607 g/mol. The number of nitrogens with one attached hydrogen (secondary N) is 5. The van der Waals surface area contributed by atoms with Gasteiger partial charge in [-0.3, -0.25) is 24.6 Å². The number of hydrogen-bond acceptors (Lipinski definition) is 9. The second-order valence-corrected chi connectivity index (χ2v) is 11.0. The molecule has 0 fully saturated rings. The molecule has 0 radical (unpaired) electrons. The first-order valence-electron chi connectivity index (χ1n) is 13.8. The lowest BCUT2D eigenvalue weighted by atomic mass is 10.1. The highest BCUT2D eigenvalue weighted by Gasteiger charge is 2.20. The van der Waals surface area contributed by atoms with E-state index in [1.165, 1.54) is 11.8 Å². The SMILES string of the molecule is N/C(=C\C=C(/N)NC(=O)Cc1cccc(CNC=O)c1)CCCCC1=NNC(NC(=O)Cc2cccc(CNC=O)c2)S1. The zero-order valence-electron chi connectivity index (χ0n) is 23.8. The van der Waals surface area contributed by atoms with Crippen molar-refractivity contribution >= 4 is 41.4 Å². The van der Waals surface area contributed by atoms with E-state index in [1.54, 1.807) is 12.2 Å². The monoisotopic (exact) mass is 606 g/mol. The smallest absolute Gasteiger partial charge is 0.229 e. The van der Waals surface area contributed by atoms with E-state index in [0.717, 1.165) is 46.6 Å². The van der Waals surface area contributed by atoms with Gasteiger partial charge < -0.3 is 32.7 Å². The molecule has 0 saturated heterocycles. The van der Waals surface area contributed by atoms with Crippen LogP contribution in [-0.4, -0.2) is 35.2 Å². The van der Waals surface area contributed by atoms with Crippen molar-refractivity contribution in [2.45, 2.75) is 57.1 Å². The van der Waals surface area contributed by atoms with E-state index in [-0.39, 0.29) is 36.0 Å². The predicted molar refractivity (Wildman–Crippen MR) is 167 cm³/mol. The summed E-state index contributed by atoms with van der Waals surface area (Å²) in [6.45, 7) is 0.815. The number of carbonyl (C=O) groups excluding carboxylic acids is 4. The third-order valence-electron chi connectivity index (χ3n) is 6.21. The van der Waals surface area contributed by atoms with Crippen LogP contribution in [0.15, 0.2) is 77.3 Å². The van der Waals surface area contributed by atoms with Gasteiger partial charge in [0.1, 0.15) is 5.82 Å². The molecule has 1 atom stereocenters. The van der Waals surface area contributed by atoms with Gasteiger partial charge in [0.25, 0.3) is 0 Å². The summed E-state index contributed by atoms with van der Waals surface area (Å²) in [7, 11) is 0. The van der Waals surface area contributed by atoms with E-state index in [2.05, 4.69) is 31.8 Å². The van der Waals surface area contributed by atoms with Crippen molar-refractivity contribution in [1.82, 2.24) is 26.7 Å². The number of allylic oxidation sites excluding steroid dienone is 3. The Kier molecular flexibility index (Phi) is 13.6. The fourth-order valence-electron chi connectivity index (χ4n) is 4.21. The summed E-state index contributed by atoms with van der Waals surface area (Å²) >= 11 is 1.48. The molecule has 2 aromatic carbocycles. The molecule has 9 N–H and O–H groups in total. The van der Waals surface area contributed by atoms with Gasteiger partial charge in [0.05, 0.1) is 17.9 Å². The lowest BCUT2D eigenvalue weighted by Crippen LogP contribution is -2.39. The van der Waals surface area contributed by atoms with E-state index in [4.69, 9.17) is 11.5 Å². The molecule has 1 heterocycles. The molecule has 0 aliphatic carbocycles. The zero-order valence-corrected chi connectivity index (χ0v) is 24.6. The number of nitrogens with zero attached hydrogens (tertiary/aromatic N) is 1. The molecule has 2 aromatic rings. The summed E-state index contributed by atoms with van der Waals surface area (Å²) in [6, 6.07) is 14.9. The molecular weight excluding hydrogens is 568 g/mol. The number of rotatable bonds is 18. The molecule has 1 aliphatic heterocycles. The van der Waals surface area contributed by atoms with E-state index in [1.807, 2.05) is 48.5 Å². The standard InChI is InChI=1S/C30H38N8O4S/c31-25(11-12-26(32)35-27(41)15-21-5-3-7-23(13-21)17-33-19-39)9-1-2-10-29-37-38-30(43-29)36-28(42)16-22-6-4-8-24(14-22)18-34-20-40/h3-8,11-14,19-20,30,38H,1-2,9-10,15-18,31-32H2,(H,33,39)(H,34,40)(H,35,41)(H,36,42)/b25-11-,26-12+. The van der Waals surface area contributed by atoms with Crippen molar-refractivity contribution in [1.29, 1.82) is 0 Å².